The molecule has 140 valence electrons. The summed E-state index contributed by atoms with van der Waals surface area (Å²) in [4.78, 5) is 25.7. The molecule has 1 aromatic carbocycles. The van der Waals surface area contributed by atoms with E-state index in [9.17, 15) is 14.7 Å². The van der Waals surface area contributed by atoms with Crippen LogP contribution in [-0.2, 0) is 9.53 Å². The molecule has 0 spiro atoms. The molecule has 4 heteroatoms. The molecule has 0 radical (unpaired) electrons. The second-order valence-corrected chi connectivity index (χ2v) is 9.18. The molecule has 4 nitrogen and oxygen atoms in total. The molecule has 1 aromatic rings. The highest BCUT2D eigenvalue weighted by atomic mass is 16.5. The van der Waals surface area contributed by atoms with Crippen LogP contribution in [0, 0.1) is 31.1 Å². The van der Waals surface area contributed by atoms with Crippen molar-refractivity contribution in [2.75, 3.05) is 0 Å². The van der Waals surface area contributed by atoms with Gasteiger partial charge in [0.15, 0.2) is 6.10 Å². The number of carbonyl (C=O) groups is 2. The van der Waals surface area contributed by atoms with Crippen LogP contribution in [0.4, 0.5) is 0 Å². The Bertz CT molecular complexity index is 751. The smallest absolute Gasteiger partial charge is 0.312 e. The lowest BCUT2D eigenvalue weighted by atomic mass is 9.48. The molecule has 5 rings (SSSR count). The van der Waals surface area contributed by atoms with E-state index in [-0.39, 0.29) is 11.8 Å². The number of rotatable bonds is 4. The molecule has 0 heterocycles. The van der Waals surface area contributed by atoms with Crippen LogP contribution in [0.3, 0.4) is 0 Å². The van der Waals surface area contributed by atoms with Gasteiger partial charge in [-0.2, -0.15) is 0 Å². The quantitative estimate of drug-likeness (QED) is 0.659. The second kappa shape index (κ2) is 5.91. The first kappa shape index (κ1) is 17.7. The predicted molar refractivity (Wildman–Crippen MR) is 97.9 cm³/mol. The number of esters is 1. The first-order valence-corrected chi connectivity index (χ1v) is 9.75. The number of hydrogen-bond acceptors (Lipinski definition) is 4. The van der Waals surface area contributed by atoms with E-state index in [1.165, 1.54) is 0 Å². The van der Waals surface area contributed by atoms with Crippen molar-refractivity contribution in [3.63, 3.8) is 0 Å². The Hall–Kier alpha value is -1.68. The van der Waals surface area contributed by atoms with Gasteiger partial charge in [0.05, 0.1) is 11.0 Å². The zero-order chi connectivity index (χ0) is 18.7. The van der Waals surface area contributed by atoms with Gasteiger partial charge in [-0.05, 0) is 88.3 Å². The number of benzene rings is 1. The molecule has 4 aliphatic rings. The molecular weight excluding hydrogens is 328 g/mol. The van der Waals surface area contributed by atoms with Crippen molar-refractivity contribution in [3.8, 4) is 0 Å². The van der Waals surface area contributed by atoms with Crippen molar-refractivity contribution in [2.24, 2.45) is 17.3 Å². The molecule has 4 fully saturated rings. The maximum Gasteiger partial charge on any atom is 0.312 e. The topological polar surface area (TPSA) is 63.6 Å². The number of aliphatic hydroxyl groups is 1. The van der Waals surface area contributed by atoms with E-state index < -0.39 is 17.1 Å². The second-order valence-electron chi connectivity index (χ2n) is 9.18. The van der Waals surface area contributed by atoms with Gasteiger partial charge in [0, 0.05) is 5.56 Å². The van der Waals surface area contributed by atoms with Gasteiger partial charge in [0.25, 0.3) is 0 Å². The molecule has 1 N–H and O–H groups in total. The van der Waals surface area contributed by atoms with Crippen LogP contribution in [0.2, 0.25) is 0 Å². The Morgan fingerprint density at radius 3 is 2.35 bits per heavy atom. The zero-order valence-corrected chi connectivity index (χ0v) is 15.9. The highest BCUT2D eigenvalue weighted by Gasteiger charge is 2.61. The standard InChI is InChI=1S/C22H28O4/c1-13-4-5-18(6-14(13)2)19(23)15(3)26-20(24)21-8-16-7-17(9-21)11-22(25,10-16)12-21/h4-6,15-17,25H,7-12H2,1-3H3/t15-,16-,17+,21?,22?/m1/s1. The van der Waals surface area contributed by atoms with E-state index in [2.05, 4.69) is 0 Å². The summed E-state index contributed by atoms with van der Waals surface area (Å²) in [6.07, 6.45) is 4.05. The molecule has 4 bridgehead atoms. The Labute approximate surface area is 154 Å². The fourth-order valence-electron chi connectivity index (χ4n) is 5.92. The minimum Gasteiger partial charge on any atom is -0.454 e. The molecule has 26 heavy (non-hydrogen) atoms. The van der Waals surface area contributed by atoms with Crippen molar-refractivity contribution in [1.82, 2.24) is 0 Å². The molecule has 0 amide bonds. The summed E-state index contributed by atoms with van der Waals surface area (Å²) >= 11 is 0. The van der Waals surface area contributed by atoms with Gasteiger partial charge in [-0.25, -0.2) is 0 Å². The van der Waals surface area contributed by atoms with Crippen LogP contribution in [-0.4, -0.2) is 28.6 Å². The lowest BCUT2D eigenvalue weighted by Gasteiger charge is -2.58. The monoisotopic (exact) mass is 356 g/mol. The van der Waals surface area contributed by atoms with Crippen LogP contribution in [0.1, 0.15) is 66.9 Å². The summed E-state index contributed by atoms with van der Waals surface area (Å²) in [6.45, 7) is 5.63. The average Bonchev–Trinajstić information content (AvgIpc) is 2.54. The van der Waals surface area contributed by atoms with E-state index in [0.29, 0.717) is 23.8 Å². The predicted octanol–water partition coefficient (Wildman–Crippen LogP) is 3.75. The van der Waals surface area contributed by atoms with E-state index in [0.717, 1.165) is 43.2 Å². The fourth-order valence-corrected chi connectivity index (χ4v) is 5.92. The van der Waals surface area contributed by atoms with E-state index in [4.69, 9.17) is 4.74 Å². The first-order valence-electron chi connectivity index (χ1n) is 9.75. The maximum atomic E-state index is 13.0. The highest BCUT2D eigenvalue weighted by Crippen LogP contribution is 2.62. The van der Waals surface area contributed by atoms with E-state index in [1.807, 2.05) is 26.0 Å². The van der Waals surface area contributed by atoms with Gasteiger partial charge in [-0.1, -0.05) is 12.1 Å². The molecular formula is C22H28O4. The van der Waals surface area contributed by atoms with Crippen LogP contribution < -0.4 is 0 Å². The number of aryl methyl sites for hydroxylation is 2. The lowest BCUT2D eigenvalue weighted by Crippen LogP contribution is -2.58. The molecule has 5 atom stereocenters. The van der Waals surface area contributed by atoms with Gasteiger partial charge in [0.2, 0.25) is 5.78 Å². The van der Waals surface area contributed by atoms with Crippen molar-refractivity contribution in [1.29, 1.82) is 0 Å². The SMILES string of the molecule is Cc1ccc(C(=O)[C@@H](C)OC(=O)C23C[C@@H]4C[C@@H](CC(O)(C4)C2)C3)cc1C. The van der Waals surface area contributed by atoms with Gasteiger partial charge < -0.3 is 9.84 Å². The molecule has 2 unspecified atom stereocenters. The molecule has 0 aliphatic heterocycles. The summed E-state index contributed by atoms with van der Waals surface area (Å²) in [5, 5.41) is 10.8. The largest absolute Gasteiger partial charge is 0.454 e. The van der Waals surface area contributed by atoms with Crippen LogP contribution >= 0.6 is 0 Å². The summed E-state index contributed by atoms with van der Waals surface area (Å²) < 4.78 is 5.67. The summed E-state index contributed by atoms with van der Waals surface area (Å²) in [7, 11) is 0. The molecule has 4 saturated carbocycles. The summed E-state index contributed by atoms with van der Waals surface area (Å²) in [5.41, 5.74) is 1.48. The number of Topliss-reactive ketones (excluding diaryl/α,β-unsaturated/α-hetero) is 1. The number of hydrogen-bond donors (Lipinski definition) is 1. The number of carbonyl (C=O) groups excluding carboxylic acids is 2. The van der Waals surface area contributed by atoms with Gasteiger partial charge in [-0.15, -0.1) is 0 Å². The van der Waals surface area contributed by atoms with Crippen molar-refractivity contribution in [2.45, 2.75) is 71.0 Å². The van der Waals surface area contributed by atoms with E-state index >= 15 is 0 Å². The van der Waals surface area contributed by atoms with Gasteiger partial charge in [0.1, 0.15) is 0 Å². The highest BCUT2D eigenvalue weighted by molar-refractivity contribution is 6.00. The normalized spacial score (nSPS) is 36.0. The van der Waals surface area contributed by atoms with Crippen molar-refractivity contribution in [3.05, 3.63) is 34.9 Å². The van der Waals surface area contributed by atoms with Crippen molar-refractivity contribution < 1.29 is 19.4 Å². The Balaban J connectivity index is 1.49. The Morgan fingerprint density at radius 1 is 1.12 bits per heavy atom. The fraction of sp³-hybridized carbons (Fsp3) is 0.636. The van der Waals surface area contributed by atoms with Crippen LogP contribution in [0.25, 0.3) is 0 Å². The van der Waals surface area contributed by atoms with Crippen LogP contribution in [0.15, 0.2) is 18.2 Å². The van der Waals surface area contributed by atoms with E-state index in [1.54, 1.807) is 13.0 Å². The molecule has 4 aliphatic carbocycles. The lowest BCUT2D eigenvalue weighted by molar-refractivity contribution is -0.197. The number of ketones is 1. The minimum atomic E-state index is -0.799. The first-order chi connectivity index (χ1) is 12.2. The third-order valence-electron chi connectivity index (χ3n) is 6.91. The molecule has 0 aromatic heterocycles. The van der Waals surface area contributed by atoms with Crippen LogP contribution in [0.5, 0.6) is 0 Å². The third-order valence-corrected chi connectivity index (χ3v) is 6.91. The number of ether oxygens (including phenoxy) is 1. The molecule has 0 saturated heterocycles. The zero-order valence-electron chi connectivity index (χ0n) is 15.9. The summed E-state index contributed by atoms with van der Waals surface area (Å²) in [5.74, 6) is 0.388. The van der Waals surface area contributed by atoms with Gasteiger partial charge in [-0.3, -0.25) is 9.59 Å². The van der Waals surface area contributed by atoms with Crippen molar-refractivity contribution >= 4 is 11.8 Å². The maximum absolute atomic E-state index is 13.0. The average molecular weight is 356 g/mol. The van der Waals surface area contributed by atoms with Gasteiger partial charge >= 0.3 is 5.97 Å². The minimum absolute atomic E-state index is 0.162. The Morgan fingerprint density at radius 2 is 1.77 bits per heavy atom. The third kappa shape index (κ3) is 2.88. The summed E-state index contributed by atoms with van der Waals surface area (Å²) in [6, 6.07) is 5.57. The Kier molecular flexibility index (Phi) is 4.03.